The first-order chi connectivity index (χ1) is 11.1. The predicted octanol–water partition coefficient (Wildman–Crippen LogP) is 3.41. The number of pyridine rings is 1. The van der Waals surface area contributed by atoms with E-state index in [0.717, 1.165) is 16.8 Å². The van der Waals surface area contributed by atoms with E-state index in [9.17, 15) is 9.59 Å². The number of hydrogen-bond donors (Lipinski definition) is 2. The maximum Gasteiger partial charge on any atom is 0.224 e. The molecular weight excluding hydrogens is 288 g/mol. The molecule has 0 unspecified atom stereocenters. The fourth-order valence-electron chi connectivity index (χ4n) is 2.58. The number of carbonyl (C=O) groups is 1. The normalized spacial score (nSPS) is 10.7. The zero-order chi connectivity index (χ0) is 16.2. The summed E-state index contributed by atoms with van der Waals surface area (Å²) in [7, 11) is 0. The van der Waals surface area contributed by atoms with E-state index in [1.54, 1.807) is 18.2 Å². The van der Waals surface area contributed by atoms with Gasteiger partial charge in [0.05, 0.1) is 0 Å². The molecule has 2 N–H and O–H groups in total. The largest absolute Gasteiger partial charge is 0.358 e. The molecule has 0 saturated heterocycles. The van der Waals surface area contributed by atoms with Crippen LogP contribution in [0.2, 0.25) is 0 Å². The summed E-state index contributed by atoms with van der Waals surface area (Å²) in [6, 6.07) is 16.8. The lowest BCUT2D eigenvalue weighted by Crippen LogP contribution is -2.13. The summed E-state index contributed by atoms with van der Waals surface area (Å²) < 4.78 is 0. The van der Waals surface area contributed by atoms with Crippen LogP contribution in [-0.4, -0.2) is 10.9 Å². The van der Waals surface area contributed by atoms with Crippen molar-refractivity contribution >= 4 is 22.5 Å². The van der Waals surface area contributed by atoms with Gasteiger partial charge >= 0.3 is 0 Å². The van der Waals surface area contributed by atoms with Gasteiger partial charge in [0.15, 0.2) is 5.43 Å². The molecule has 1 amide bonds. The molecule has 0 aliphatic carbocycles. The Morgan fingerprint density at radius 2 is 1.87 bits per heavy atom. The molecule has 0 aliphatic heterocycles. The summed E-state index contributed by atoms with van der Waals surface area (Å²) in [4.78, 5) is 27.2. The second-order valence-corrected chi connectivity index (χ2v) is 5.61. The van der Waals surface area contributed by atoms with Gasteiger partial charge in [-0.25, -0.2) is 0 Å². The maximum atomic E-state index is 12.1. The molecule has 3 aromatic rings. The lowest BCUT2D eigenvalue weighted by Gasteiger charge is -2.07. The Labute approximate surface area is 134 Å². The number of H-pyrrole nitrogens is 1. The molecule has 0 spiro atoms. The van der Waals surface area contributed by atoms with Crippen molar-refractivity contribution < 1.29 is 4.79 Å². The van der Waals surface area contributed by atoms with Crippen molar-refractivity contribution in [3.63, 3.8) is 0 Å². The molecule has 116 valence electrons. The van der Waals surface area contributed by atoms with E-state index in [4.69, 9.17) is 0 Å². The third-order valence-electron chi connectivity index (χ3n) is 3.73. The van der Waals surface area contributed by atoms with Crippen molar-refractivity contribution in [3.05, 3.63) is 76.1 Å². The Bertz CT molecular complexity index is 898. The smallest absolute Gasteiger partial charge is 0.224 e. The first-order valence-electron chi connectivity index (χ1n) is 7.59. The van der Waals surface area contributed by atoms with Crippen LogP contribution < -0.4 is 10.7 Å². The van der Waals surface area contributed by atoms with Gasteiger partial charge in [0, 0.05) is 34.8 Å². The highest BCUT2D eigenvalue weighted by atomic mass is 16.1. The molecule has 3 rings (SSSR count). The fourth-order valence-corrected chi connectivity index (χ4v) is 2.58. The summed E-state index contributed by atoms with van der Waals surface area (Å²) in [5.74, 6) is -0.0586. The molecule has 1 heterocycles. The Balaban J connectivity index is 1.71. The van der Waals surface area contributed by atoms with Crippen LogP contribution in [0.1, 0.15) is 17.7 Å². The number of amides is 1. The van der Waals surface area contributed by atoms with Gasteiger partial charge in [-0.3, -0.25) is 9.59 Å². The molecule has 0 radical (unpaired) electrons. The van der Waals surface area contributed by atoms with Crippen molar-refractivity contribution in [2.75, 3.05) is 5.32 Å². The van der Waals surface area contributed by atoms with Crippen LogP contribution in [0.4, 0.5) is 5.69 Å². The lowest BCUT2D eigenvalue weighted by molar-refractivity contribution is -0.116. The Kier molecular flexibility index (Phi) is 4.24. The zero-order valence-electron chi connectivity index (χ0n) is 12.9. The second kappa shape index (κ2) is 6.48. The molecule has 0 fully saturated rings. The minimum Gasteiger partial charge on any atom is -0.358 e. The second-order valence-electron chi connectivity index (χ2n) is 5.61. The molecule has 0 saturated carbocycles. The Hall–Kier alpha value is -2.88. The highest BCUT2D eigenvalue weighted by Crippen LogP contribution is 2.15. The van der Waals surface area contributed by atoms with Crippen LogP contribution in [0, 0.1) is 6.92 Å². The molecule has 0 aliphatic rings. The van der Waals surface area contributed by atoms with Crippen LogP contribution in [0.5, 0.6) is 0 Å². The van der Waals surface area contributed by atoms with Crippen LogP contribution in [0.25, 0.3) is 10.9 Å². The van der Waals surface area contributed by atoms with Crippen LogP contribution in [0.3, 0.4) is 0 Å². The van der Waals surface area contributed by atoms with Crippen molar-refractivity contribution in [1.29, 1.82) is 0 Å². The number of nitrogens with one attached hydrogen (secondary N) is 2. The SMILES string of the molecule is Cc1cc(=O)c2cc(NC(=O)CCc3ccccc3)ccc2[nH]1. The summed E-state index contributed by atoms with van der Waals surface area (Å²) >= 11 is 0. The van der Waals surface area contributed by atoms with Gasteiger partial charge in [0.1, 0.15) is 0 Å². The minimum atomic E-state index is -0.0586. The van der Waals surface area contributed by atoms with Gasteiger partial charge in [0.2, 0.25) is 5.91 Å². The van der Waals surface area contributed by atoms with Crippen molar-refractivity contribution in [1.82, 2.24) is 4.98 Å². The predicted molar refractivity (Wildman–Crippen MR) is 92.7 cm³/mol. The van der Waals surface area contributed by atoms with E-state index in [-0.39, 0.29) is 11.3 Å². The minimum absolute atomic E-state index is 0.0448. The molecule has 1 aromatic heterocycles. The zero-order valence-corrected chi connectivity index (χ0v) is 12.9. The van der Waals surface area contributed by atoms with Gasteiger partial charge in [0.25, 0.3) is 0 Å². The number of rotatable bonds is 4. The number of carbonyl (C=O) groups excluding carboxylic acids is 1. The molecule has 0 bridgehead atoms. The Morgan fingerprint density at radius 3 is 2.65 bits per heavy atom. The molecule has 2 aromatic carbocycles. The molecular formula is C19H18N2O2. The molecule has 23 heavy (non-hydrogen) atoms. The highest BCUT2D eigenvalue weighted by molar-refractivity contribution is 5.93. The lowest BCUT2D eigenvalue weighted by atomic mass is 10.1. The van der Waals surface area contributed by atoms with E-state index in [0.29, 0.717) is 23.9 Å². The van der Waals surface area contributed by atoms with E-state index in [1.165, 1.54) is 0 Å². The van der Waals surface area contributed by atoms with Crippen molar-refractivity contribution in [3.8, 4) is 0 Å². The van der Waals surface area contributed by atoms with E-state index in [2.05, 4.69) is 10.3 Å². The molecule has 4 heteroatoms. The van der Waals surface area contributed by atoms with Crippen LogP contribution >= 0.6 is 0 Å². The third-order valence-corrected chi connectivity index (χ3v) is 3.73. The summed E-state index contributed by atoms with van der Waals surface area (Å²) in [5, 5.41) is 3.43. The number of aromatic amines is 1. The summed E-state index contributed by atoms with van der Waals surface area (Å²) in [6.45, 7) is 1.85. The average Bonchev–Trinajstić information content (AvgIpc) is 2.54. The number of anilines is 1. The topological polar surface area (TPSA) is 62.0 Å². The number of hydrogen-bond acceptors (Lipinski definition) is 2. The fraction of sp³-hybridized carbons (Fsp3) is 0.158. The van der Waals surface area contributed by atoms with Crippen LogP contribution in [-0.2, 0) is 11.2 Å². The Morgan fingerprint density at radius 1 is 1.09 bits per heavy atom. The first-order valence-corrected chi connectivity index (χ1v) is 7.59. The monoisotopic (exact) mass is 306 g/mol. The van der Waals surface area contributed by atoms with Crippen molar-refractivity contribution in [2.24, 2.45) is 0 Å². The average molecular weight is 306 g/mol. The highest BCUT2D eigenvalue weighted by Gasteiger charge is 2.06. The maximum absolute atomic E-state index is 12.1. The number of aromatic nitrogens is 1. The van der Waals surface area contributed by atoms with E-state index >= 15 is 0 Å². The number of benzene rings is 2. The molecule has 4 nitrogen and oxygen atoms in total. The summed E-state index contributed by atoms with van der Waals surface area (Å²) in [5.41, 5.74) is 3.33. The van der Waals surface area contributed by atoms with Gasteiger partial charge in [-0.15, -0.1) is 0 Å². The van der Waals surface area contributed by atoms with Gasteiger partial charge in [-0.1, -0.05) is 30.3 Å². The van der Waals surface area contributed by atoms with E-state index in [1.807, 2.05) is 43.3 Å². The van der Waals surface area contributed by atoms with Gasteiger partial charge in [-0.2, -0.15) is 0 Å². The van der Waals surface area contributed by atoms with Crippen LogP contribution in [0.15, 0.2) is 59.4 Å². The van der Waals surface area contributed by atoms with Crippen molar-refractivity contribution in [2.45, 2.75) is 19.8 Å². The number of fused-ring (bicyclic) bond motifs is 1. The molecule has 0 atom stereocenters. The van der Waals surface area contributed by atoms with E-state index < -0.39 is 0 Å². The van der Waals surface area contributed by atoms with Gasteiger partial charge in [-0.05, 0) is 37.1 Å². The number of aryl methyl sites for hydroxylation is 2. The quantitative estimate of drug-likeness (QED) is 0.776. The summed E-state index contributed by atoms with van der Waals surface area (Å²) in [6.07, 6.45) is 1.10. The first kappa shape index (κ1) is 15.0. The third kappa shape index (κ3) is 3.66. The van der Waals surface area contributed by atoms with Gasteiger partial charge < -0.3 is 10.3 Å². The standard InChI is InChI=1S/C19H18N2O2/c1-13-11-18(22)16-12-15(8-9-17(16)20-13)21-19(23)10-7-14-5-3-2-4-6-14/h2-6,8-9,11-12H,7,10H2,1H3,(H,20,22)(H,21,23).